The molecule has 1 aliphatic heterocycles. The number of nitrogens with zero attached hydrogens (tertiary/aromatic N) is 2. The van der Waals surface area contributed by atoms with Crippen LogP contribution in [-0.2, 0) is 30.6 Å². The van der Waals surface area contributed by atoms with Crippen molar-refractivity contribution in [3.05, 3.63) is 59.7 Å². The Morgan fingerprint density at radius 2 is 1.70 bits per heavy atom. The van der Waals surface area contributed by atoms with E-state index >= 15 is 0 Å². The van der Waals surface area contributed by atoms with Crippen LogP contribution >= 0.6 is 0 Å². The van der Waals surface area contributed by atoms with E-state index in [-0.39, 0.29) is 29.9 Å². The highest BCUT2D eigenvalue weighted by Gasteiger charge is 2.26. The molecule has 8 nitrogen and oxygen atoms in total. The summed E-state index contributed by atoms with van der Waals surface area (Å²) >= 11 is 0. The van der Waals surface area contributed by atoms with Crippen molar-refractivity contribution in [3.63, 3.8) is 0 Å². The van der Waals surface area contributed by atoms with Gasteiger partial charge in [0.2, 0.25) is 5.91 Å². The number of rotatable bonds is 10. The number of likely N-dealkylation sites (tertiary alicyclic amines) is 1. The minimum absolute atomic E-state index is 0.0728. The van der Waals surface area contributed by atoms with E-state index < -0.39 is 21.4 Å². The van der Waals surface area contributed by atoms with Gasteiger partial charge in [0.1, 0.15) is 11.4 Å². The van der Waals surface area contributed by atoms with Crippen LogP contribution in [0, 0.1) is 0 Å². The Bertz CT molecular complexity index is 1180. The van der Waals surface area contributed by atoms with Gasteiger partial charge in [-0.3, -0.25) is 4.79 Å². The van der Waals surface area contributed by atoms with E-state index in [1.54, 1.807) is 50.9 Å². The SMILES string of the molecule is CN(C(=O)Cc1ccc(S(C)(=O)=O)cc1)[C@H](CN1CCCC1)c1cccc(OCC(=O)OC(C)(C)C)c1. The number of sulfone groups is 1. The first-order valence-corrected chi connectivity index (χ1v) is 14.4. The monoisotopic (exact) mass is 530 g/mol. The third kappa shape index (κ3) is 8.86. The predicted octanol–water partition coefficient (Wildman–Crippen LogP) is 3.65. The van der Waals surface area contributed by atoms with E-state index in [1.807, 2.05) is 18.2 Å². The van der Waals surface area contributed by atoms with Gasteiger partial charge in [0.25, 0.3) is 0 Å². The largest absolute Gasteiger partial charge is 0.482 e. The average Bonchev–Trinajstić information content (AvgIpc) is 3.33. The lowest BCUT2D eigenvalue weighted by Crippen LogP contribution is -2.39. The molecule has 1 atom stereocenters. The molecule has 2 aromatic carbocycles. The number of benzene rings is 2. The van der Waals surface area contributed by atoms with Crippen LogP contribution in [0.1, 0.15) is 50.8 Å². The van der Waals surface area contributed by atoms with E-state index in [4.69, 9.17) is 9.47 Å². The Balaban J connectivity index is 1.75. The Morgan fingerprint density at radius 3 is 2.30 bits per heavy atom. The second-order valence-corrected chi connectivity index (χ2v) is 12.6. The smallest absolute Gasteiger partial charge is 0.344 e. The molecule has 2 aromatic rings. The quantitative estimate of drug-likeness (QED) is 0.433. The number of esters is 1. The molecule has 3 rings (SSSR count). The second-order valence-electron chi connectivity index (χ2n) is 10.6. The number of ether oxygens (including phenoxy) is 2. The van der Waals surface area contributed by atoms with Crippen molar-refractivity contribution in [3.8, 4) is 5.75 Å². The topological polar surface area (TPSA) is 93.2 Å². The summed E-state index contributed by atoms with van der Waals surface area (Å²) in [4.78, 5) is 29.7. The molecule has 1 saturated heterocycles. The molecular formula is C28H38N2O6S. The zero-order chi connectivity index (χ0) is 27.2. The number of amides is 1. The fourth-order valence-electron chi connectivity index (χ4n) is 4.31. The minimum atomic E-state index is -3.29. The first-order valence-electron chi connectivity index (χ1n) is 12.5. The van der Waals surface area contributed by atoms with Crippen molar-refractivity contribution in [2.45, 2.75) is 56.6 Å². The van der Waals surface area contributed by atoms with Gasteiger partial charge < -0.3 is 19.3 Å². The van der Waals surface area contributed by atoms with Crippen molar-refractivity contribution in [1.29, 1.82) is 0 Å². The number of hydrogen-bond donors (Lipinski definition) is 0. The van der Waals surface area contributed by atoms with Crippen LogP contribution in [0.4, 0.5) is 0 Å². The van der Waals surface area contributed by atoms with Gasteiger partial charge in [0.05, 0.1) is 17.4 Å². The zero-order valence-electron chi connectivity index (χ0n) is 22.4. The molecule has 202 valence electrons. The van der Waals surface area contributed by atoms with E-state index in [0.717, 1.165) is 43.3 Å². The lowest BCUT2D eigenvalue weighted by atomic mass is 10.0. The van der Waals surface area contributed by atoms with Crippen molar-refractivity contribution in [2.75, 3.05) is 39.5 Å². The Labute approximate surface area is 220 Å². The molecule has 1 fully saturated rings. The fourth-order valence-corrected chi connectivity index (χ4v) is 4.94. The summed E-state index contributed by atoms with van der Waals surface area (Å²) in [6.45, 7) is 7.88. The second kappa shape index (κ2) is 12.1. The molecule has 0 aromatic heterocycles. The molecule has 0 bridgehead atoms. The standard InChI is InChI=1S/C28H38N2O6S/c1-28(2,3)36-27(32)20-35-23-10-8-9-22(18-23)25(19-30-15-6-7-16-30)29(4)26(31)17-21-11-13-24(14-12-21)37(5,33)34/h8-14,18,25H,6-7,15-17,19-20H2,1-5H3/t25-/m1/s1. The molecule has 0 unspecified atom stereocenters. The maximum Gasteiger partial charge on any atom is 0.344 e. The molecule has 1 aliphatic rings. The van der Waals surface area contributed by atoms with Crippen LogP contribution in [0.5, 0.6) is 5.75 Å². The highest BCUT2D eigenvalue weighted by Crippen LogP contribution is 2.27. The summed E-state index contributed by atoms with van der Waals surface area (Å²) in [6.07, 6.45) is 3.59. The molecule has 1 heterocycles. The first-order chi connectivity index (χ1) is 17.3. The van der Waals surface area contributed by atoms with Gasteiger partial charge in [-0.2, -0.15) is 0 Å². The number of carbonyl (C=O) groups excluding carboxylic acids is 2. The third-order valence-electron chi connectivity index (χ3n) is 6.22. The van der Waals surface area contributed by atoms with Crippen molar-refractivity contribution in [2.24, 2.45) is 0 Å². The summed E-state index contributed by atoms with van der Waals surface area (Å²) in [5.74, 6) is 0.0177. The lowest BCUT2D eigenvalue weighted by molar-refractivity contribution is -0.157. The lowest BCUT2D eigenvalue weighted by Gasteiger charge is -2.32. The molecule has 1 amide bonds. The van der Waals surface area contributed by atoms with Gasteiger partial charge in [0.15, 0.2) is 16.4 Å². The van der Waals surface area contributed by atoms with E-state index in [1.165, 1.54) is 12.1 Å². The van der Waals surface area contributed by atoms with E-state index in [9.17, 15) is 18.0 Å². The van der Waals surface area contributed by atoms with Crippen LogP contribution in [-0.4, -0.2) is 75.2 Å². The molecule has 0 spiro atoms. The summed E-state index contributed by atoms with van der Waals surface area (Å²) in [5.41, 5.74) is 1.08. The summed E-state index contributed by atoms with van der Waals surface area (Å²) < 4.78 is 34.5. The minimum Gasteiger partial charge on any atom is -0.482 e. The van der Waals surface area contributed by atoms with Gasteiger partial charge in [-0.15, -0.1) is 0 Å². The number of carbonyl (C=O) groups is 2. The van der Waals surface area contributed by atoms with Crippen molar-refractivity contribution >= 4 is 21.7 Å². The summed E-state index contributed by atoms with van der Waals surface area (Å²) in [5, 5.41) is 0. The van der Waals surface area contributed by atoms with Gasteiger partial charge in [-0.25, -0.2) is 13.2 Å². The van der Waals surface area contributed by atoms with Crippen LogP contribution < -0.4 is 4.74 Å². The normalized spacial score (nSPS) is 15.3. The Kier molecular flexibility index (Phi) is 9.36. The number of hydrogen-bond acceptors (Lipinski definition) is 7. The van der Waals surface area contributed by atoms with Gasteiger partial charge in [-0.1, -0.05) is 24.3 Å². The van der Waals surface area contributed by atoms with Gasteiger partial charge >= 0.3 is 5.97 Å². The molecule has 9 heteroatoms. The molecule has 0 N–H and O–H groups in total. The highest BCUT2D eigenvalue weighted by atomic mass is 32.2. The summed E-state index contributed by atoms with van der Waals surface area (Å²) in [7, 11) is -1.50. The first kappa shape index (κ1) is 28.7. The molecule has 0 aliphatic carbocycles. The molecule has 0 radical (unpaired) electrons. The van der Waals surface area contributed by atoms with E-state index in [2.05, 4.69) is 4.90 Å². The van der Waals surface area contributed by atoms with Gasteiger partial charge in [-0.05, 0) is 82.1 Å². The van der Waals surface area contributed by atoms with Crippen LogP contribution in [0.3, 0.4) is 0 Å². The molecule has 0 saturated carbocycles. The van der Waals surface area contributed by atoms with E-state index in [0.29, 0.717) is 12.3 Å². The summed E-state index contributed by atoms with van der Waals surface area (Å²) in [6, 6.07) is 13.7. The van der Waals surface area contributed by atoms with Gasteiger partial charge in [0, 0.05) is 19.8 Å². The molecular weight excluding hydrogens is 492 g/mol. The third-order valence-corrected chi connectivity index (χ3v) is 7.35. The van der Waals surface area contributed by atoms with Crippen molar-refractivity contribution in [1.82, 2.24) is 9.80 Å². The average molecular weight is 531 g/mol. The highest BCUT2D eigenvalue weighted by molar-refractivity contribution is 7.90. The van der Waals surface area contributed by atoms with Crippen LogP contribution in [0.2, 0.25) is 0 Å². The van der Waals surface area contributed by atoms with Crippen LogP contribution in [0.15, 0.2) is 53.4 Å². The maximum absolute atomic E-state index is 13.3. The molecule has 37 heavy (non-hydrogen) atoms. The Hall–Kier alpha value is -2.91. The predicted molar refractivity (Wildman–Crippen MR) is 142 cm³/mol. The fraction of sp³-hybridized carbons (Fsp3) is 0.500. The van der Waals surface area contributed by atoms with Crippen molar-refractivity contribution < 1.29 is 27.5 Å². The Morgan fingerprint density at radius 1 is 1.05 bits per heavy atom. The van der Waals surface area contributed by atoms with Crippen LogP contribution in [0.25, 0.3) is 0 Å². The maximum atomic E-state index is 13.3. The number of likely N-dealkylation sites (N-methyl/N-ethyl adjacent to an activating group) is 1. The zero-order valence-corrected chi connectivity index (χ0v) is 23.2.